The first-order chi connectivity index (χ1) is 16.3. The quantitative estimate of drug-likeness (QED) is 0.388. The Morgan fingerprint density at radius 2 is 2.03 bits per heavy atom. The summed E-state index contributed by atoms with van der Waals surface area (Å²) in [7, 11) is 1.60. The van der Waals surface area contributed by atoms with Crippen molar-refractivity contribution in [1.29, 1.82) is 0 Å². The standard InChI is InChI=1S/C24H23ClN6O3/c1-31-7-5-14(2-3-22(32)30-24(31)34)8-23(33)29-21-11-16-9-15(10-20(26)18(16)13-28-21)17-12-27-6-4-19(17)25/h4,6,8-13H,2-3,5,7,26H2,1H3,(H,28,29,33)(H,30,32,34)/b14-8+. The van der Waals surface area contributed by atoms with Crippen LogP contribution in [0.4, 0.5) is 16.3 Å². The van der Waals surface area contributed by atoms with E-state index in [2.05, 4.69) is 20.6 Å². The highest BCUT2D eigenvalue weighted by atomic mass is 35.5. The number of benzene rings is 1. The maximum Gasteiger partial charge on any atom is 0.323 e. The molecule has 1 aromatic carbocycles. The molecule has 4 N–H and O–H groups in total. The van der Waals surface area contributed by atoms with Gasteiger partial charge in [-0.1, -0.05) is 17.2 Å². The van der Waals surface area contributed by atoms with Crippen LogP contribution >= 0.6 is 11.6 Å². The summed E-state index contributed by atoms with van der Waals surface area (Å²) in [5.41, 5.74) is 9.08. The molecule has 34 heavy (non-hydrogen) atoms. The van der Waals surface area contributed by atoms with E-state index in [1.807, 2.05) is 12.1 Å². The summed E-state index contributed by atoms with van der Waals surface area (Å²) in [6, 6.07) is 6.72. The summed E-state index contributed by atoms with van der Waals surface area (Å²) in [5.74, 6) is -0.380. The van der Waals surface area contributed by atoms with Crippen LogP contribution in [-0.4, -0.2) is 46.3 Å². The van der Waals surface area contributed by atoms with Crippen LogP contribution in [0.15, 0.2) is 54.5 Å². The van der Waals surface area contributed by atoms with Crippen LogP contribution in [0.25, 0.3) is 21.9 Å². The van der Waals surface area contributed by atoms with E-state index in [9.17, 15) is 14.4 Å². The number of pyridine rings is 2. The van der Waals surface area contributed by atoms with Gasteiger partial charge < -0.3 is 16.0 Å². The Morgan fingerprint density at radius 1 is 1.21 bits per heavy atom. The molecule has 0 bridgehead atoms. The van der Waals surface area contributed by atoms with Gasteiger partial charge in [0.1, 0.15) is 5.82 Å². The minimum atomic E-state index is -0.442. The van der Waals surface area contributed by atoms with Crippen molar-refractivity contribution in [3.8, 4) is 11.1 Å². The Morgan fingerprint density at radius 3 is 2.82 bits per heavy atom. The van der Waals surface area contributed by atoms with Crippen molar-refractivity contribution in [2.75, 3.05) is 24.6 Å². The van der Waals surface area contributed by atoms with Crippen molar-refractivity contribution >= 4 is 51.7 Å². The molecule has 2 aromatic heterocycles. The van der Waals surface area contributed by atoms with Crippen LogP contribution in [0.5, 0.6) is 0 Å². The average Bonchev–Trinajstić information content (AvgIpc) is 2.85. The number of halogens is 1. The number of imide groups is 1. The van der Waals surface area contributed by atoms with Gasteiger partial charge in [0.25, 0.3) is 0 Å². The summed E-state index contributed by atoms with van der Waals surface area (Å²) in [5, 5.41) is 7.17. The first-order valence-corrected chi connectivity index (χ1v) is 11.0. The van der Waals surface area contributed by atoms with Crippen molar-refractivity contribution < 1.29 is 14.4 Å². The van der Waals surface area contributed by atoms with Crippen LogP contribution < -0.4 is 16.4 Å². The molecule has 1 saturated heterocycles. The van der Waals surface area contributed by atoms with Crippen molar-refractivity contribution in [2.45, 2.75) is 19.3 Å². The number of urea groups is 1. The second kappa shape index (κ2) is 9.88. The number of nitrogen functional groups attached to an aromatic ring is 1. The van der Waals surface area contributed by atoms with Gasteiger partial charge in [0.05, 0.1) is 5.02 Å². The first-order valence-electron chi connectivity index (χ1n) is 10.6. The lowest BCUT2D eigenvalue weighted by molar-refractivity contribution is -0.120. The van der Waals surface area contributed by atoms with Gasteiger partial charge in [0, 0.05) is 61.3 Å². The molecule has 3 heterocycles. The summed E-state index contributed by atoms with van der Waals surface area (Å²) >= 11 is 6.31. The van der Waals surface area contributed by atoms with E-state index in [4.69, 9.17) is 17.3 Å². The molecule has 0 aliphatic carbocycles. The number of nitrogens with two attached hydrogens (primary N) is 1. The normalized spacial score (nSPS) is 16.1. The van der Waals surface area contributed by atoms with Crippen molar-refractivity contribution in [3.05, 3.63) is 59.5 Å². The molecular weight excluding hydrogens is 456 g/mol. The zero-order chi connectivity index (χ0) is 24.2. The van der Waals surface area contributed by atoms with Gasteiger partial charge in [-0.3, -0.25) is 19.9 Å². The highest BCUT2D eigenvalue weighted by Gasteiger charge is 2.17. The van der Waals surface area contributed by atoms with Gasteiger partial charge >= 0.3 is 6.03 Å². The van der Waals surface area contributed by atoms with E-state index in [0.717, 1.165) is 27.5 Å². The van der Waals surface area contributed by atoms with Gasteiger partial charge in [-0.25, -0.2) is 9.78 Å². The Labute approximate surface area is 201 Å². The number of amides is 4. The smallest absolute Gasteiger partial charge is 0.323 e. The molecule has 1 aliphatic rings. The maximum atomic E-state index is 12.7. The second-order valence-electron chi connectivity index (χ2n) is 8.03. The molecule has 3 aromatic rings. The fourth-order valence-corrected chi connectivity index (χ4v) is 3.90. The van der Waals surface area contributed by atoms with Crippen molar-refractivity contribution in [2.24, 2.45) is 0 Å². The molecule has 1 aliphatic heterocycles. The number of nitrogens with one attached hydrogen (secondary N) is 2. The third-order valence-corrected chi connectivity index (χ3v) is 5.90. The Hall–Kier alpha value is -3.98. The molecule has 10 heteroatoms. The first kappa shape index (κ1) is 23.2. The van der Waals surface area contributed by atoms with Gasteiger partial charge in [-0.2, -0.15) is 0 Å². The highest BCUT2D eigenvalue weighted by Crippen LogP contribution is 2.33. The number of nitrogens with zero attached hydrogens (tertiary/aromatic N) is 3. The fraction of sp³-hybridized carbons (Fsp3) is 0.208. The third-order valence-electron chi connectivity index (χ3n) is 5.57. The Bertz CT molecular complexity index is 1320. The predicted octanol–water partition coefficient (Wildman–Crippen LogP) is 3.75. The zero-order valence-electron chi connectivity index (χ0n) is 18.5. The Kier molecular flexibility index (Phi) is 6.74. The average molecular weight is 479 g/mol. The van der Waals surface area contributed by atoms with E-state index in [1.54, 1.807) is 37.8 Å². The number of aromatic nitrogens is 2. The third kappa shape index (κ3) is 5.32. The fourth-order valence-electron chi connectivity index (χ4n) is 3.68. The van der Waals surface area contributed by atoms with E-state index in [-0.39, 0.29) is 18.2 Å². The minimum Gasteiger partial charge on any atom is -0.398 e. The summed E-state index contributed by atoms with van der Waals surface area (Å²) in [4.78, 5) is 46.2. The van der Waals surface area contributed by atoms with Gasteiger partial charge in [0.2, 0.25) is 11.8 Å². The zero-order valence-corrected chi connectivity index (χ0v) is 19.2. The summed E-state index contributed by atoms with van der Waals surface area (Å²) in [6.45, 7) is 0.394. The predicted molar refractivity (Wildman–Crippen MR) is 131 cm³/mol. The number of fused-ring (bicyclic) bond motifs is 1. The summed E-state index contributed by atoms with van der Waals surface area (Å²) < 4.78 is 0. The SMILES string of the molecule is CN1CC/C(=C/C(=O)Nc2cc3cc(-c4cnccc4Cl)cc(N)c3cn2)CCC(=O)NC1=O. The number of anilines is 2. The van der Waals surface area contributed by atoms with Gasteiger partial charge in [0.15, 0.2) is 0 Å². The molecule has 0 unspecified atom stereocenters. The molecule has 0 radical (unpaired) electrons. The van der Waals surface area contributed by atoms with Crippen LogP contribution in [0.1, 0.15) is 19.3 Å². The molecule has 0 atom stereocenters. The molecule has 1 fully saturated rings. The van der Waals surface area contributed by atoms with Crippen molar-refractivity contribution in [3.63, 3.8) is 0 Å². The number of hydrogen-bond donors (Lipinski definition) is 3. The lowest BCUT2D eigenvalue weighted by atomic mass is 10.0. The van der Waals surface area contributed by atoms with Crippen LogP contribution in [0.3, 0.4) is 0 Å². The molecule has 0 saturated carbocycles. The highest BCUT2D eigenvalue weighted by molar-refractivity contribution is 6.33. The minimum absolute atomic E-state index is 0.131. The molecule has 174 valence electrons. The van der Waals surface area contributed by atoms with Crippen molar-refractivity contribution in [1.82, 2.24) is 20.2 Å². The lowest BCUT2D eigenvalue weighted by Gasteiger charge is -2.15. The van der Waals surface area contributed by atoms with Crippen LogP contribution in [0.2, 0.25) is 5.02 Å². The number of carbonyl (C=O) groups is 3. The second-order valence-corrected chi connectivity index (χ2v) is 8.44. The van der Waals surface area contributed by atoms with Crippen LogP contribution in [0, 0.1) is 0 Å². The Balaban J connectivity index is 1.56. The molecule has 4 rings (SSSR count). The maximum absolute atomic E-state index is 12.7. The molecule has 9 nitrogen and oxygen atoms in total. The molecule has 4 amide bonds. The number of carbonyl (C=O) groups excluding carboxylic acids is 3. The molecular formula is C24H23ClN6O3. The monoisotopic (exact) mass is 478 g/mol. The van der Waals surface area contributed by atoms with E-state index >= 15 is 0 Å². The largest absolute Gasteiger partial charge is 0.398 e. The van der Waals surface area contributed by atoms with E-state index < -0.39 is 6.03 Å². The topological polar surface area (TPSA) is 130 Å². The number of rotatable bonds is 3. The summed E-state index contributed by atoms with van der Waals surface area (Å²) in [6.07, 6.45) is 7.35. The van der Waals surface area contributed by atoms with Gasteiger partial charge in [-0.15, -0.1) is 0 Å². The number of hydrogen-bond acceptors (Lipinski definition) is 6. The van der Waals surface area contributed by atoms with Gasteiger partial charge in [-0.05, 0) is 48.1 Å². The van der Waals surface area contributed by atoms with Crippen LogP contribution in [-0.2, 0) is 9.59 Å². The van der Waals surface area contributed by atoms with E-state index in [0.29, 0.717) is 35.9 Å². The molecule has 0 spiro atoms. The lowest BCUT2D eigenvalue weighted by Crippen LogP contribution is -2.40. The van der Waals surface area contributed by atoms with E-state index in [1.165, 1.54) is 11.0 Å².